The van der Waals surface area contributed by atoms with E-state index in [4.69, 9.17) is 69.9 Å². The minimum atomic E-state index is -0.936. The van der Waals surface area contributed by atoms with Crippen molar-refractivity contribution in [2.75, 3.05) is 0 Å². The zero-order chi connectivity index (χ0) is 134. The van der Waals surface area contributed by atoms with Crippen LogP contribution in [0.4, 0.5) is 0 Å². The molecule has 21 aromatic carbocycles. The van der Waals surface area contributed by atoms with Gasteiger partial charge in [0, 0.05) is 132 Å². The second-order valence-corrected chi connectivity index (χ2v) is 30.8. The molecule has 0 atom stereocenters. The van der Waals surface area contributed by atoms with E-state index in [1.54, 1.807) is 16.7 Å². The van der Waals surface area contributed by atoms with Gasteiger partial charge < -0.3 is 36.5 Å². The number of para-hydroxylation sites is 16. The van der Waals surface area contributed by atoms with Crippen LogP contribution in [-0.2, 0) is 0 Å². The lowest BCUT2D eigenvalue weighted by Crippen LogP contribution is -1.98. The van der Waals surface area contributed by atoms with Gasteiger partial charge >= 0.3 is 0 Å². The zero-order valence-corrected chi connectivity index (χ0v) is 69.1. The van der Waals surface area contributed by atoms with Crippen molar-refractivity contribution in [1.82, 2.24) is 36.5 Å². The van der Waals surface area contributed by atoms with Crippen LogP contribution in [0.15, 0.2) is 508 Å². The Morgan fingerprint density at radius 1 is 0.119 bits per heavy atom. The predicted octanol–water partition coefficient (Wildman–Crippen LogP) is 33.2. The second kappa shape index (κ2) is 32.0. The number of nitrogens with zero attached hydrogens (tertiary/aromatic N) is 8. The number of benzene rings is 21. The molecule has 29 rings (SSSR count). The Balaban J connectivity index is 0.000000119. The Kier molecular flexibility index (Phi) is 9.85. The van der Waals surface area contributed by atoms with Crippen LogP contribution >= 0.6 is 0 Å². The van der Waals surface area contributed by atoms with Crippen molar-refractivity contribution in [3.8, 4) is 56.6 Å². The summed E-state index contributed by atoms with van der Waals surface area (Å²) in [7, 11) is 0. The molecule has 0 spiro atoms. The number of hydrogen-bond acceptors (Lipinski definition) is 0. The van der Waals surface area contributed by atoms with Crippen molar-refractivity contribution in [2.45, 2.75) is 0 Å². The smallest absolute Gasteiger partial charge is 0.0667 e. The Bertz CT molecular complexity index is 12200. The van der Waals surface area contributed by atoms with Gasteiger partial charge in [-0.3, -0.25) is 0 Å². The van der Waals surface area contributed by atoms with Gasteiger partial charge in [-0.1, -0.05) is 333 Å². The third-order valence-electron chi connectivity index (χ3n) is 23.6. The maximum absolute atomic E-state index is 9.53. The second-order valence-electron chi connectivity index (χ2n) is 30.8. The summed E-state index contributed by atoms with van der Waals surface area (Å²) in [6.45, 7) is 0. The lowest BCUT2D eigenvalue weighted by Gasteiger charge is -2.12. The molecule has 0 fully saturated rings. The van der Waals surface area contributed by atoms with Crippen LogP contribution in [0.1, 0.15) is 71.3 Å². The van der Waals surface area contributed by atoms with Crippen LogP contribution in [-0.4, -0.2) is 36.5 Å². The molecule has 0 aliphatic carbocycles. The Morgan fingerprint density at radius 2 is 0.284 bits per heavy atom. The number of fused-ring (bicyclic) bond motifs is 24. The van der Waals surface area contributed by atoms with E-state index in [9.17, 15) is 1.37 Å². The standard InChI is InChI=1S/C36H24N2.3C30H20N2/c1-5-19-33-29(15-1)30-16-2-6-20-34(30)37(33)27-13-9-11-25(23-27)26-12-10-14-28(24-26)38-35-21-7-3-17-31(35)32-18-4-8-22-36(32)38;3*1-5-16-27-23(12-1)24-13-2-6-17-28(24)31(27)21-10-9-11-22(20-21)32-29-18-7-3-14-25(29)26-15-4-8-19-30(26)32/h1-24H;3*1-20H/i1D,2D,5D,6D,15D,16D,19D,20D;1D,2D,3D,4D,5D,6D,7D,8D,9D,10D,11D,12D,13D,14D,15D,16D,17D,18D,19D,20D;1D,2D,3D,4D,5D,6D,7D,8D,12D,13D,14D,15D,16D,17D,18D,19D;1D,2D,5D,6D,12D,13D,16D,17D. The molecule has 8 heteroatoms. The van der Waals surface area contributed by atoms with Crippen molar-refractivity contribution in [3.05, 3.63) is 508 Å². The van der Waals surface area contributed by atoms with Crippen molar-refractivity contribution in [3.63, 3.8) is 0 Å². The van der Waals surface area contributed by atoms with Crippen LogP contribution in [0.3, 0.4) is 0 Å². The molecule has 0 bridgehead atoms. The molecule has 0 radical (unpaired) electrons. The molecular weight excluding hydrogens is 1630 g/mol. The zero-order valence-electron chi connectivity index (χ0n) is 121. The van der Waals surface area contributed by atoms with Gasteiger partial charge in [-0.2, -0.15) is 0 Å². The van der Waals surface area contributed by atoms with Gasteiger partial charge in [-0.15, -0.1) is 0 Å². The average molecular weight is 1760 g/mol. The first-order chi connectivity index (χ1) is 88.2. The van der Waals surface area contributed by atoms with Gasteiger partial charge in [0.25, 0.3) is 0 Å². The highest BCUT2D eigenvalue weighted by atomic mass is 15.0. The van der Waals surface area contributed by atoms with Crippen LogP contribution < -0.4 is 0 Å². The summed E-state index contributed by atoms with van der Waals surface area (Å²) in [6.07, 6.45) is 0. The largest absolute Gasteiger partial charge is 0.309 e. The summed E-state index contributed by atoms with van der Waals surface area (Å²) in [5.74, 6) is 0. The molecule has 8 aromatic heterocycles. The van der Waals surface area contributed by atoms with Crippen LogP contribution in [0.5, 0.6) is 0 Å². The Hall–Kier alpha value is -18.0. The SMILES string of the molecule is [2H]c1c([2H])c(-n2c3c([2H])c([2H])c([2H])c([2H])c3c3c([2H])c([2H])c([2H])c([2H])c32)c([2H])c(-n2c3c([2H])c([2H])c([2H])c([2H])c3c3c([2H])c([2H])c([2H])c([2H])c32)c1[2H].[2H]c1c([2H])c([2H])c2c(c1[2H])c1c([2H])c([2H])c([2H])c([2H])c1n2-c1cccc(-c2cccc(-n3c4ccccc4c4ccccc43)c2)c1.[2H]c1c([2H])c([2H])c2c(c1[2H])c1c([2H])c([2H])c([2H])c([2H])c1n2-c1cccc(-n2c3c([2H])c([2H])c([2H])c([2H])c3c3c([2H])c([2H])c([2H])c([2H])c32)c1.[2H]c1c([2H])c([2H])c2c(c1[2H])c1c([2H])c([2H])c([2H])c([2H])c1n2-c1cccc(-n2c3ccccc3c3ccccc32)c1. The van der Waals surface area contributed by atoms with E-state index in [1.165, 1.54) is 38.0 Å². The van der Waals surface area contributed by atoms with Crippen LogP contribution in [0.2, 0.25) is 0 Å². The fourth-order valence-corrected chi connectivity index (χ4v) is 18.1. The molecule has 0 aliphatic heterocycles. The fourth-order valence-electron chi connectivity index (χ4n) is 18.1. The third kappa shape index (κ3) is 12.6. The Labute approximate surface area is 844 Å². The summed E-state index contributed by atoms with van der Waals surface area (Å²) < 4.78 is 458. The highest BCUT2D eigenvalue weighted by Crippen LogP contribution is 2.43. The van der Waals surface area contributed by atoms with E-state index in [0.29, 0.717) is 11.4 Å². The molecular formula is C126H84N8. The maximum Gasteiger partial charge on any atom is 0.0667 e. The molecule has 8 nitrogen and oxygen atoms in total. The number of hydrogen-bond donors (Lipinski definition) is 0. The van der Waals surface area contributed by atoms with Gasteiger partial charge in [0.15, 0.2) is 0 Å². The topological polar surface area (TPSA) is 39.4 Å². The number of rotatable bonds is 9. The van der Waals surface area contributed by atoms with E-state index in [1.807, 2.05) is 109 Å². The molecule has 628 valence electrons. The summed E-state index contributed by atoms with van der Waals surface area (Å²) in [5, 5.41) is 2.65. The fraction of sp³-hybridized carbons (Fsp3) is 0. The summed E-state index contributed by atoms with van der Waals surface area (Å²) in [5.41, 5.74) is 5.41. The first-order valence-electron chi connectivity index (χ1n) is 67.7. The van der Waals surface area contributed by atoms with E-state index >= 15 is 0 Å². The number of aromatic nitrogens is 8. The Morgan fingerprint density at radius 3 is 0.493 bits per heavy atom. The van der Waals surface area contributed by atoms with Gasteiger partial charge in [0.05, 0.1) is 160 Å². The molecule has 29 aromatic rings. The van der Waals surface area contributed by atoms with E-state index in [-0.39, 0.29) is 147 Å². The van der Waals surface area contributed by atoms with E-state index in [0.717, 1.165) is 75.2 Å². The molecule has 0 N–H and O–H groups in total. The average Bonchev–Trinajstić information content (AvgIpc) is 1.52. The van der Waals surface area contributed by atoms with Crippen molar-refractivity contribution in [2.24, 2.45) is 0 Å². The van der Waals surface area contributed by atoms with Gasteiger partial charge in [-0.05, 0) is 187 Å². The third-order valence-corrected chi connectivity index (χ3v) is 23.6. The van der Waals surface area contributed by atoms with Crippen molar-refractivity contribution >= 4 is 174 Å². The van der Waals surface area contributed by atoms with E-state index in [2.05, 4.69) is 57.7 Å². The van der Waals surface area contributed by atoms with Gasteiger partial charge in [0.2, 0.25) is 0 Å². The monoisotopic (exact) mass is 1760 g/mol. The summed E-state index contributed by atoms with van der Waals surface area (Å²) >= 11 is 0. The molecule has 8 heterocycles. The quantitative estimate of drug-likeness (QED) is 0.138. The molecule has 0 saturated carbocycles. The molecule has 0 saturated heterocycles. The maximum atomic E-state index is 9.53. The van der Waals surface area contributed by atoms with Crippen LogP contribution in [0.25, 0.3) is 231 Å². The predicted molar refractivity (Wildman–Crippen MR) is 566 cm³/mol. The summed E-state index contributed by atoms with van der Waals surface area (Å²) in [6, 6.07) is 30.9. The van der Waals surface area contributed by atoms with Crippen molar-refractivity contribution in [1.29, 1.82) is 0 Å². The lowest BCUT2D eigenvalue weighted by molar-refractivity contribution is 1.13. The normalized spacial score (nSPS) is 17.2. The minimum absolute atomic E-state index is 0.0618. The molecule has 0 aliphatic rings. The highest BCUT2D eigenvalue weighted by Gasteiger charge is 2.22. The molecule has 0 unspecified atom stereocenters. The summed E-state index contributed by atoms with van der Waals surface area (Å²) in [4.78, 5) is 0. The first kappa shape index (κ1) is 41.2. The van der Waals surface area contributed by atoms with Crippen LogP contribution in [0, 0.1) is 0 Å². The molecule has 134 heavy (non-hydrogen) atoms. The lowest BCUT2D eigenvalue weighted by atomic mass is 10.0. The van der Waals surface area contributed by atoms with E-state index < -0.39 is 321 Å². The highest BCUT2D eigenvalue weighted by molar-refractivity contribution is 6.16. The van der Waals surface area contributed by atoms with Gasteiger partial charge in [-0.25, -0.2) is 0 Å². The van der Waals surface area contributed by atoms with Crippen molar-refractivity contribution < 1.29 is 71.3 Å². The minimum Gasteiger partial charge on any atom is -0.309 e. The first-order valence-corrected chi connectivity index (χ1v) is 41.7. The van der Waals surface area contributed by atoms with Gasteiger partial charge in [0.1, 0.15) is 0 Å². The molecule has 0 amide bonds.